The lowest BCUT2D eigenvalue weighted by Gasteiger charge is -2.03. The molecule has 6 heteroatoms. The largest absolute Gasteiger partial charge is 0.507 e. The molecule has 0 saturated heterocycles. The Hall–Kier alpha value is -3.02. The van der Waals surface area contributed by atoms with Crippen molar-refractivity contribution in [2.75, 3.05) is 7.11 Å². The average molecular weight is 283 g/mol. The Morgan fingerprint density at radius 3 is 2.52 bits per heavy atom. The zero-order valence-electron chi connectivity index (χ0n) is 11.2. The summed E-state index contributed by atoms with van der Waals surface area (Å²) in [4.78, 5) is 4.30. The molecule has 0 bridgehead atoms. The number of hydrogen-bond donors (Lipinski definition) is 3. The van der Waals surface area contributed by atoms with Crippen LogP contribution in [0.1, 0.15) is 0 Å². The minimum atomic E-state index is 0.0364. The summed E-state index contributed by atoms with van der Waals surface area (Å²) in [6, 6.07) is 11.7. The van der Waals surface area contributed by atoms with Crippen LogP contribution in [-0.4, -0.2) is 32.5 Å². The van der Waals surface area contributed by atoms with Gasteiger partial charge in [0.05, 0.1) is 18.2 Å². The molecule has 106 valence electrons. The number of nitrogens with one attached hydrogen (secondary N) is 1. The molecule has 3 rings (SSSR count). The van der Waals surface area contributed by atoms with Gasteiger partial charge in [-0.25, -0.2) is 4.98 Å². The smallest absolute Gasteiger partial charge is 0.185 e. The second-order valence-corrected chi connectivity index (χ2v) is 4.41. The molecule has 3 aromatic rings. The maximum Gasteiger partial charge on any atom is 0.185 e. The van der Waals surface area contributed by atoms with Crippen molar-refractivity contribution in [1.29, 1.82) is 0 Å². The summed E-state index contributed by atoms with van der Waals surface area (Å²) in [5, 5.41) is 26.6. The predicted octanol–water partition coefficient (Wildman–Crippen LogP) is 2.56. The first-order valence-corrected chi connectivity index (χ1v) is 6.27. The molecule has 0 fully saturated rings. The Bertz CT molecular complexity index is 783. The number of phenols is 2. The quantitative estimate of drug-likeness (QED) is 0.687. The highest BCUT2D eigenvalue weighted by atomic mass is 16.5. The highest BCUT2D eigenvalue weighted by Gasteiger charge is 2.13. The number of H-pyrrole nitrogens is 1. The molecule has 0 radical (unpaired) electrons. The number of phenolic OH excluding ortho intramolecular Hbond substituents is 2. The summed E-state index contributed by atoms with van der Waals surface area (Å²) in [5.74, 6) is 1.46. The van der Waals surface area contributed by atoms with Gasteiger partial charge in [0, 0.05) is 6.07 Å². The fraction of sp³-hybridized carbons (Fsp3) is 0.0667. The lowest BCUT2D eigenvalue weighted by Crippen LogP contribution is -1.86. The predicted molar refractivity (Wildman–Crippen MR) is 77.1 cm³/mol. The maximum absolute atomic E-state index is 9.99. The molecule has 0 aliphatic heterocycles. The number of aromatic hydroxyl groups is 2. The van der Waals surface area contributed by atoms with Gasteiger partial charge < -0.3 is 14.9 Å². The van der Waals surface area contributed by atoms with Crippen LogP contribution in [0.25, 0.3) is 22.8 Å². The van der Waals surface area contributed by atoms with Crippen LogP contribution in [-0.2, 0) is 0 Å². The molecule has 0 amide bonds. The van der Waals surface area contributed by atoms with Crippen molar-refractivity contribution in [3.05, 3.63) is 42.5 Å². The number of hydrogen-bond acceptors (Lipinski definition) is 5. The van der Waals surface area contributed by atoms with Crippen LogP contribution in [0, 0.1) is 0 Å². The third-order valence-electron chi connectivity index (χ3n) is 3.09. The molecule has 0 atom stereocenters. The molecule has 0 spiro atoms. The number of nitrogens with zero attached hydrogens (tertiary/aromatic N) is 2. The van der Waals surface area contributed by atoms with Crippen LogP contribution in [0.5, 0.6) is 17.2 Å². The maximum atomic E-state index is 9.99. The molecule has 6 nitrogen and oxygen atoms in total. The van der Waals surface area contributed by atoms with Gasteiger partial charge in [-0.05, 0) is 24.3 Å². The first-order chi connectivity index (χ1) is 10.2. The lowest BCUT2D eigenvalue weighted by atomic mass is 10.1. The average Bonchev–Trinajstić information content (AvgIpc) is 2.97. The van der Waals surface area contributed by atoms with Gasteiger partial charge in [0.15, 0.2) is 11.6 Å². The third kappa shape index (κ3) is 2.38. The van der Waals surface area contributed by atoms with Crippen molar-refractivity contribution in [2.45, 2.75) is 0 Å². The van der Waals surface area contributed by atoms with E-state index in [4.69, 9.17) is 4.74 Å². The number of aromatic nitrogens is 3. The monoisotopic (exact) mass is 283 g/mol. The van der Waals surface area contributed by atoms with Crippen LogP contribution >= 0.6 is 0 Å². The molecule has 21 heavy (non-hydrogen) atoms. The van der Waals surface area contributed by atoms with Crippen LogP contribution < -0.4 is 4.74 Å². The normalized spacial score (nSPS) is 10.5. The topological polar surface area (TPSA) is 91.3 Å². The van der Waals surface area contributed by atoms with E-state index in [1.807, 2.05) is 0 Å². The van der Waals surface area contributed by atoms with E-state index in [0.717, 1.165) is 0 Å². The summed E-state index contributed by atoms with van der Waals surface area (Å²) in [6.07, 6.45) is 0. The Morgan fingerprint density at radius 2 is 1.81 bits per heavy atom. The molecule has 0 aliphatic carbocycles. The SMILES string of the molecule is COc1ccc(-c2nc(-c3ccccc3O)n[nH]2)c(O)c1. The number of rotatable bonds is 3. The van der Waals surface area contributed by atoms with E-state index in [1.165, 1.54) is 13.2 Å². The Labute approximate surface area is 120 Å². The number of para-hydroxylation sites is 1. The van der Waals surface area contributed by atoms with E-state index in [1.54, 1.807) is 36.4 Å². The van der Waals surface area contributed by atoms with E-state index in [9.17, 15) is 10.2 Å². The van der Waals surface area contributed by atoms with Gasteiger partial charge in [0.25, 0.3) is 0 Å². The fourth-order valence-corrected chi connectivity index (χ4v) is 2.00. The number of ether oxygens (including phenoxy) is 1. The second kappa shape index (κ2) is 5.16. The Balaban J connectivity index is 2.01. The zero-order valence-corrected chi connectivity index (χ0v) is 11.2. The number of aromatic amines is 1. The van der Waals surface area contributed by atoms with Crippen molar-refractivity contribution >= 4 is 0 Å². The second-order valence-electron chi connectivity index (χ2n) is 4.41. The van der Waals surface area contributed by atoms with Gasteiger partial charge in [-0.3, -0.25) is 5.10 Å². The molecule has 0 unspecified atom stereocenters. The van der Waals surface area contributed by atoms with E-state index >= 15 is 0 Å². The van der Waals surface area contributed by atoms with Crippen LogP contribution in [0.4, 0.5) is 0 Å². The molecular formula is C15H13N3O3. The molecule has 2 aromatic carbocycles. The van der Waals surface area contributed by atoms with Gasteiger partial charge in [0.1, 0.15) is 17.2 Å². The van der Waals surface area contributed by atoms with Crippen LogP contribution in [0.2, 0.25) is 0 Å². The number of methoxy groups -OCH3 is 1. The highest BCUT2D eigenvalue weighted by molar-refractivity contribution is 5.69. The lowest BCUT2D eigenvalue weighted by molar-refractivity contribution is 0.408. The van der Waals surface area contributed by atoms with E-state index in [2.05, 4.69) is 15.2 Å². The Morgan fingerprint density at radius 1 is 1.00 bits per heavy atom. The molecule has 1 heterocycles. The fourth-order valence-electron chi connectivity index (χ4n) is 2.00. The third-order valence-corrected chi connectivity index (χ3v) is 3.09. The summed E-state index contributed by atoms with van der Waals surface area (Å²) < 4.78 is 5.04. The van der Waals surface area contributed by atoms with Gasteiger partial charge in [-0.2, -0.15) is 5.10 Å². The molecule has 1 aromatic heterocycles. The minimum absolute atomic E-state index is 0.0364. The van der Waals surface area contributed by atoms with Crippen LogP contribution in [0.15, 0.2) is 42.5 Å². The molecule has 3 N–H and O–H groups in total. The Kier molecular flexibility index (Phi) is 3.19. The summed E-state index contributed by atoms with van der Waals surface area (Å²) in [7, 11) is 1.53. The van der Waals surface area contributed by atoms with Crippen molar-refractivity contribution in [3.63, 3.8) is 0 Å². The van der Waals surface area contributed by atoms with Crippen molar-refractivity contribution in [2.24, 2.45) is 0 Å². The molecule has 0 saturated carbocycles. The van der Waals surface area contributed by atoms with E-state index < -0.39 is 0 Å². The summed E-state index contributed by atoms with van der Waals surface area (Å²) in [5.41, 5.74) is 1.03. The van der Waals surface area contributed by atoms with Gasteiger partial charge in [-0.1, -0.05) is 12.1 Å². The molecule has 0 aliphatic rings. The van der Waals surface area contributed by atoms with Crippen molar-refractivity contribution < 1.29 is 14.9 Å². The van der Waals surface area contributed by atoms with E-state index in [0.29, 0.717) is 28.5 Å². The van der Waals surface area contributed by atoms with E-state index in [-0.39, 0.29) is 11.5 Å². The zero-order chi connectivity index (χ0) is 14.8. The standard InChI is InChI=1S/C15H13N3O3/c1-21-9-6-7-11(13(20)8-9)15-16-14(17-18-15)10-4-2-3-5-12(10)19/h2-8,19-20H,1H3,(H,16,17,18). The van der Waals surface area contributed by atoms with Crippen LogP contribution in [0.3, 0.4) is 0 Å². The van der Waals surface area contributed by atoms with Gasteiger partial charge in [-0.15, -0.1) is 0 Å². The summed E-state index contributed by atoms with van der Waals surface area (Å²) >= 11 is 0. The number of benzene rings is 2. The van der Waals surface area contributed by atoms with Crippen molar-refractivity contribution in [1.82, 2.24) is 15.2 Å². The highest BCUT2D eigenvalue weighted by Crippen LogP contribution is 2.32. The summed E-state index contributed by atoms with van der Waals surface area (Å²) in [6.45, 7) is 0. The van der Waals surface area contributed by atoms with Gasteiger partial charge >= 0.3 is 0 Å². The molecular weight excluding hydrogens is 270 g/mol. The minimum Gasteiger partial charge on any atom is -0.507 e. The first kappa shape index (κ1) is 13.0. The first-order valence-electron chi connectivity index (χ1n) is 6.27. The van der Waals surface area contributed by atoms with Gasteiger partial charge in [0.2, 0.25) is 0 Å². The van der Waals surface area contributed by atoms with Crippen molar-refractivity contribution in [3.8, 4) is 40.0 Å².